The molecule has 40 heavy (non-hydrogen) atoms. The van der Waals surface area contributed by atoms with E-state index in [1.54, 1.807) is 0 Å². The molecule has 7 nitrogen and oxygen atoms in total. The molecule has 5 rings (SSSR count). The maximum absolute atomic E-state index is 4.74. The molecule has 0 atom stereocenters. The van der Waals surface area contributed by atoms with Crippen LogP contribution in [0.25, 0.3) is 10.9 Å². The van der Waals surface area contributed by atoms with Gasteiger partial charge in [-0.3, -0.25) is 5.01 Å². The van der Waals surface area contributed by atoms with Gasteiger partial charge in [-0.25, -0.2) is 14.1 Å². The number of rotatable bonds is 15. The van der Waals surface area contributed by atoms with E-state index in [2.05, 4.69) is 90.5 Å². The molecule has 0 bridgehead atoms. The van der Waals surface area contributed by atoms with Gasteiger partial charge in [0.05, 0.1) is 25.1 Å². The molecule has 0 aliphatic carbocycles. The number of anilines is 1. The molecule has 0 aliphatic heterocycles. The fourth-order valence-electron chi connectivity index (χ4n) is 5.13. The van der Waals surface area contributed by atoms with Crippen molar-refractivity contribution in [3.63, 3.8) is 0 Å². The minimum Gasteiger partial charge on any atom is -0.337 e. The summed E-state index contributed by atoms with van der Waals surface area (Å²) in [4.78, 5) is 4.11. The lowest BCUT2D eigenvalue weighted by atomic mass is 10.1. The van der Waals surface area contributed by atoms with Gasteiger partial charge in [0.25, 0.3) is 0 Å². The average Bonchev–Trinajstić information content (AvgIpc) is 3.69. The van der Waals surface area contributed by atoms with E-state index >= 15 is 0 Å². The summed E-state index contributed by atoms with van der Waals surface area (Å²) >= 11 is 0. The van der Waals surface area contributed by atoms with Crippen molar-refractivity contribution in [2.24, 2.45) is 5.10 Å². The van der Waals surface area contributed by atoms with Crippen molar-refractivity contribution in [2.45, 2.75) is 64.7 Å². The van der Waals surface area contributed by atoms with Gasteiger partial charge >= 0.3 is 0 Å². The van der Waals surface area contributed by atoms with Gasteiger partial charge in [-0.05, 0) is 56.4 Å². The van der Waals surface area contributed by atoms with Gasteiger partial charge < -0.3 is 4.57 Å². The number of hydrazone groups is 1. The number of fused-ring (bicyclic) bond motifs is 1. The van der Waals surface area contributed by atoms with Crippen LogP contribution in [0.5, 0.6) is 0 Å². The van der Waals surface area contributed by atoms with Gasteiger partial charge in [0, 0.05) is 49.9 Å². The number of unbranched alkanes of at least 4 members (excludes halogenated alkanes) is 4. The standard InChI is InChI=1S/C33H41N7/c1-36(31-14-5-4-6-15-31)35-27-32-18-17-30-13-7-8-16-33(30)40(32)23-10-3-2-9-21-38-25-26-39(29-38)22-12-11-20-37-24-19-34-28-37/h4-8,13-19,24-29H,2-3,9-12,20-23H2,1H3/q+2. The Morgan fingerprint density at radius 1 is 0.800 bits per heavy atom. The molecule has 2 aromatic carbocycles. The van der Waals surface area contributed by atoms with Gasteiger partial charge in [-0.1, -0.05) is 30.3 Å². The molecular weight excluding hydrogens is 494 g/mol. The van der Waals surface area contributed by atoms with Crippen LogP contribution >= 0.6 is 0 Å². The number of benzene rings is 2. The lowest BCUT2D eigenvalue weighted by Gasteiger charge is -2.12. The second kappa shape index (κ2) is 14.2. The van der Waals surface area contributed by atoms with Crippen LogP contribution in [-0.2, 0) is 26.2 Å². The van der Waals surface area contributed by atoms with Gasteiger partial charge in [0.2, 0.25) is 17.5 Å². The van der Waals surface area contributed by atoms with E-state index in [9.17, 15) is 0 Å². The molecule has 0 saturated heterocycles. The van der Waals surface area contributed by atoms with Crippen molar-refractivity contribution in [3.05, 3.63) is 110 Å². The Hall–Kier alpha value is -4.26. The molecule has 206 valence electrons. The molecule has 0 spiro atoms. The molecule has 0 amide bonds. The normalized spacial score (nSPS) is 11.5. The second-order valence-electron chi connectivity index (χ2n) is 10.4. The van der Waals surface area contributed by atoms with Crippen LogP contribution in [0, 0.1) is 0 Å². The van der Waals surface area contributed by atoms with E-state index in [0.717, 1.165) is 44.0 Å². The third-order valence-electron chi connectivity index (χ3n) is 7.40. The number of imidazole rings is 2. The minimum absolute atomic E-state index is 0.986. The van der Waals surface area contributed by atoms with Crippen LogP contribution in [0.1, 0.15) is 44.2 Å². The van der Waals surface area contributed by atoms with Crippen LogP contribution in [0.3, 0.4) is 0 Å². The van der Waals surface area contributed by atoms with Gasteiger partial charge in [-0.15, -0.1) is 0 Å². The van der Waals surface area contributed by atoms with Crippen LogP contribution < -0.4 is 14.1 Å². The first-order valence-corrected chi connectivity index (χ1v) is 14.5. The highest BCUT2D eigenvalue weighted by molar-refractivity contribution is 5.81. The Morgan fingerprint density at radius 2 is 1.57 bits per heavy atom. The van der Waals surface area contributed by atoms with Gasteiger partial charge in [0.1, 0.15) is 25.2 Å². The number of aryl methyl sites for hydroxylation is 4. The zero-order valence-corrected chi connectivity index (χ0v) is 23.6. The van der Waals surface area contributed by atoms with E-state index in [0.29, 0.717) is 0 Å². The Bertz CT molecular complexity index is 1470. The molecular formula is C33H41N7+2. The molecule has 3 heterocycles. The number of nitrogens with zero attached hydrogens (tertiary/aromatic N) is 7. The third kappa shape index (κ3) is 7.65. The minimum atomic E-state index is 0.986. The number of aromatic nitrogens is 5. The van der Waals surface area contributed by atoms with Crippen molar-refractivity contribution in [1.29, 1.82) is 0 Å². The lowest BCUT2D eigenvalue weighted by Crippen LogP contribution is -2.39. The van der Waals surface area contributed by atoms with Crippen molar-refractivity contribution < 1.29 is 9.13 Å². The first-order chi connectivity index (χ1) is 19.8. The highest BCUT2D eigenvalue weighted by Crippen LogP contribution is 2.13. The fraction of sp³-hybridized carbons (Fsp3) is 0.333. The molecule has 0 aliphatic rings. The maximum Gasteiger partial charge on any atom is 0.243 e. The summed E-state index contributed by atoms with van der Waals surface area (Å²) in [5.74, 6) is 0. The molecule has 0 radical (unpaired) electrons. The van der Waals surface area contributed by atoms with Crippen molar-refractivity contribution in [1.82, 2.24) is 14.1 Å². The summed E-state index contributed by atoms with van der Waals surface area (Å²) in [6.07, 6.45) is 21.5. The second-order valence-corrected chi connectivity index (χ2v) is 10.4. The maximum atomic E-state index is 4.74. The van der Waals surface area contributed by atoms with Crippen LogP contribution in [-0.4, -0.2) is 27.4 Å². The lowest BCUT2D eigenvalue weighted by molar-refractivity contribution is -0.697. The molecule has 7 heteroatoms. The number of para-hydroxylation sites is 2. The summed E-state index contributed by atoms with van der Waals surface area (Å²) in [5, 5.41) is 7.92. The smallest absolute Gasteiger partial charge is 0.243 e. The summed E-state index contributed by atoms with van der Waals surface area (Å²) in [6.45, 7) is 4.17. The summed E-state index contributed by atoms with van der Waals surface area (Å²) in [7, 11) is 1.99. The quantitative estimate of drug-likeness (QED) is 0.0756. The zero-order chi connectivity index (χ0) is 27.4. The Morgan fingerprint density at radius 3 is 2.40 bits per heavy atom. The predicted molar refractivity (Wildman–Crippen MR) is 161 cm³/mol. The molecule has 0 N–H and O–H groups in total. The Labute approximate surface area is 237 Å². The van der Waals surface area contributed by atoms with E-state index in [1.807, 2.05) is 55.2 Å². The molecule has 0 saturated carbocycles. The zero-order valence-electron chi connectivity index (χ0n) is 23.6. The Balaban J connectivity index is 1.08. The summed E-state index contributed by atoms with van der Waals surface area (Å²) in [6, 6.07) is 23.3. The van der Waals surface area contributed by atoms with E-state index in [4.69, 9.17) is 5.10 Å². The molecule has 0 fully saturated rings. The van der Waals surface area contributed by atoms with Crippen molar-refractivity contribution >= 4 is 22.8 Å². The SMILES string of the molecule is CN(/N=C/c1ccc2ccccc2[n+]1CCCCCC[n+]1ccn(CCCCn2ccnc2)c1)c1ccccc1. The molecule has 0 unspecified atom stereocenters. The summed E-state index contributed by atoms with van der Waals surface area (Å²) in [5.41, 5.74) is 3.46. The highest BCUT2D eigenvalue weighted by atomic mass is 15.4. The monoisotopic (exact) mass is 535 g/mol. The highest BCUT2D eigenvalue weighted by Gasteiger charge is 2.14. The van der Waals surface area contributed by atoms with Crippen LogP contribution in [0.2, 0.25) is 0 Å². The summed E-state index contributed by atoms with van der Waals surface area (Å²) < 4.78 is 9.20. The van der Waals surface area contributed by atoms with Gasteiger partial charge in [-0.2, -0.15) is 9.67 Å². The number of hydrogen-bond donors (Lipinski definition) is 0. The average molecular weight is 536 g/mol. The predicted octanol–water partition coefficient (Wildman–Crippen LogP) is 5.62. The van der Waals surface area contributed by atoms with E-state index in [1.165, 1.54) is 43.0 Å². The first kappa shape index (κ1) is 27.3. The van der Waals surface area contributed by atoms with E-state index < -0.39 is 0 Å². The Kier molecular flexibility index (Phi) is 9.71. The third-order valence-corrected chi connectivity index (χ3v) is 7.40. The number of pyridine rings is 1. The first-order valence-electron chi connectivity index (χ1n) is 14.5. The topological polar surface area (TPSA) is 46.1 Å². The molecule has 5 aromatic rings. The van der Waals surface area contributed by atoms with Gasteiger partial charge in [0.15, 0.2) is 0 Å². The van der Waals surface area contributed by atoms with E-state index in [-0.39, 0.29) is 0 Å². The molecule has 3 aromatic heterocycles. The largest absolute Gasteiger partial charge is 0.337 e. The van der Waals surface area contributed by atoms with Crippen LogP contribution in [0.15, 0.2) is 109 Å². The van der Waals surface area contributed by atoms with Crippen molar-refractivity contribution in [2.75, 3.05) is 12.1 Å². The fourth-order valence-corrected chi connectivity index (χ4v) is 5.13. The van der Waals surface area contributed by atoms with Crippen LogP contribution in [0.4, 0.5) is 5.69 Å². The van der Waals surface area contributed by atoms with Crippen molar-refractivity contribution in [3.8, 4) is 0 Å². The number of hydrogen-bond acceptors (Lipinski definition) is 3.